The minimum absolute atomic E-state index is 0.0774. The van der Waals surface area contributed by atoms with E-state index in [9.17, 15) is 10.1 Å². The first-order chi connectivity index (χ1) is 9.16. The Kier molecular flexibility index (Phi) is 3.87. The molecule has 0 spiro atoms. The lowest BCUT2D eigenvalue weighted by Crippen LogP contribution is -2.08. The van der Waals surface area contributed by atoms with Crippen LogP contribution in [-0.2, 0) is 0 Å². The van der Waals surface area contributed by atoms with E-state index in [2.05, 4.69) is 5.10 Å². The van der Waals surface area contributed by atoms with Crippen LogP contribution in [-0.4, -0.2) is 18.2 Å². The molecule has 0 atom stereocenters. The monoisotopic (exact) mass is 255 g/mol. The van der Waals surface area contributed by atoms with E-state index in [0.29, 0.717) is 0 Å². The second-order valence-electron chi connectivity index (χ2n) is 3.95. The zero-order valence-corrected chi connectivity index (χ0v) is 10.4. The van der Waals surface area contributed by atoms with Crippen LogP contribution in [0.1, 0.15) is 5.56 Å². The summed E-state index contributed by atoms with van der Waals surface area (Å²) in [6.45, 7) is 0. The molecule has 0 fully saturated rings. The maximum Gasteiger partial charge on any atom is 0.269 e. The molecular weight excluding hydrogens is 242 g/mol. The second-order valence-corrected chi connectivity index (χ2v) is 3.95. The minimum atomic E-state index is -0.420. The Bertz CT molecular complexity index is 579. The molecule has 5 heteroatoms. The van der Waals surface area contributed by atoms with E-state index in [1.54, 1.807) is 23.4 Å². The second kappa shape index (κ2) is 5.77. The summed E-state index contributed by atoms with van der Waals surface area (Å²) >= 11 is 0. The molecule has 0 bridgehead atoms. The van der Waals surface area contributed by atoms with Crippen LogP contribution in [0.2, 0.25) is 0 Å². The molecule has 5 nitrogen and oxygen atoms in total. The van der Waals surface area contributed by atoms with Crippen molar-refractivity contribution >= 4 is 17.6 Å². The van der Waals surface area contributed by atoms with Crippen molar-refractivity contribution in [2.75, 3.05) is 12.1 Å². The minimum Gasteiger partial charge on any atom is -0.269 e. The Labute approximate surface area is 110 Å². The standard InChI is InChI=1S/C14H13N3O2/c1-16(13-5-3-2-4-6-13)15-11-12-7-9-14(10-8-12)17(18)19/h2-11H,1H3. The average Bonchev–Trinajstić information content (AvgIpc) is 2.46. The molecule has 0 aliphatic rings. The van der Waals surface area contributed by atoms with E-state index in [1.165, 1.54) is 12.1 Å². The van der Waals surface area contributed by atoms with E-state index in [-0.39, 0.29) is 5.69 Å². The summed E-state index contributed by atoms with van der Waals surface area (Å²) in [5.41, 5.74) is 1.86. The van der Waals surface area contributed by atoms with Crippen molar-refractivity contribution in [1.29, 1.82) is 0 Å². The highest BCUT2D eigenvalue weighted by molar-refractivity contribution is 5.80. The number of nitrogens with zero attached hydrogens (tertiary/aromatic N) is 3. The van der Waals surface area contributed by atoms with Gasteiger partial charge in [0.1, 0.15) is 0 Å². The van der Waals surface area contributed by atoms with Crippen LogP contribution in [0.5, 0.6) is 0 Å². The summed E-state index contributed by atoms with van der Waals surface area (Å²) < 4.78 is 0. The number of non-ortho nitro benzene ring substituents is 1. The van der Waals surface area contributed by atoms with Crippen molar-refractivity contribution in [3.8, 4) is 0 Å². The van der Waals surface area contributed by atoms with Crippen LogP contribution in [0.4, 0.5) is 11.4 Å². The van der Waals surface area contributed by atoms with Crippen molar-refractivity contribution < 1.29 is 4.92 Å². The average molecular weight is 255 g/mol. The molecule has 19 heavy (non-hydrogen) atoms. The summed E-state index contributed by atoms with van der Waals surface area (Å²) in [6, 6.07) is 16.0. The number of anilines is 1. The first kappa shape index (κ1) is 12.8. The fourth-order valence-electron chi connectivity index (χ4n) is 1.55. The van der Waals surface area contributed by atoms with Crippen molar-refractivity contribution in [2.24, 2.45) is 5.10 Å². The first-order valence-corrected chi connectivity index (χ1v) is 5.74. The van der Waals surface area contributed by atoms with E-state index in [4.69, 9.17) is 0 Å². The number of para-hydroxylation sites is 1. The predicted octanol–water partition coefficient (Wildman–Crippen LogP) is 3.07. The van der Waals surface area contributed by atoms with Gasteiger partial charge in [-0.05, 0) is 29.8 Å². The third-order valence-electron chi connectivity index (χ3n) is 2.61. The van der Waals surface area contributed by atoms with Gasteiger partial charge in [0.2, 0.25) is 0 Å². The maximum absolute atomic E-state index is 10.5. The molecule has 0 heterocycles. The normalized spacial score (nSPS) is 10.6. The molecule has 0 aliphatic carbocycles. The molecule has 0 saturated heterocycles. The van der Waals surface area contributed by atoms with Gasteiger partial charge in [0.15, 0.2) is 0 Å². The Morgan fingerprint density at radius 1 is 1.11 bits per heavy atom. The highest BCUT2D eigenvalue weighted by Crippen LogP contribution is 2.13. The molecule has 0 radical (unpaired) electrons. The summed E-state index contributed by atoms with van der Waals surface area (Å²) in [5, 5.41) is 16.5. The molecule has 96 valence electrons. The largest absolute Gasteiger partial charge is 0.269 e. The van der Waals surface area contributed by atoms with Gasteiger partial charge >= 0.3 is 0 Å². The highest BCUT2D eigenvalue weighted by atomic mass is 16.6. The quantitative estimate of drug-likeness (QED) is 0.479. The number of benzene rings is 2. The predicted molar refractivity (Wildman–Crippen MR) is 75.5 cm³/mol. The summed E-state index contributed by atoms with van der Waals surface area (Å²) in [5.74, 6) is 0. The van der Waals surface area contributed by atoms with Gasteiger partial charge in [-0.25, -0.2) is 0 Å². The van der Waals surface area contributed by atoms with Crippen LogP contribution >= 0.6 is 0 Å². The Hall–Kier alpha value is -2.69. The number of nitro groups is 1. The SMILES string of the molecule is CN(N=Cc1ccc([N+](=O)[O-])cc1)c1ccccc1. The number of hydrogen-bond acceptors (Lipinski definition) is 4. The fraction of sp³-hybridized carbons (Fsp3) is 0.0714. The van der Waals surface area contributed by atoms with E-state index in [1.807, 2.05) is 37.4 Å². The van der Waals surface area contributed by atoms with E-state index < -0.39 is 4.92 Å². The number of rotatable bonds is 4. The summed E-state index contributed by atoms with van der Waals surface area (Å²) in [7, 11) is 1.84. The van der Waals surface area contributed by atoms with Crippen LogP contribution in [0.3, 0.4) is 0 Å². The molecule has 0 unspecified atom stereocenters. The lowest BCUT2D eigenvalue weighted by Gasteiger charge is -2.11. The van der Waals surface area contributed by atoms with Crippen LogP contribution in [0, 0.1) is 10.1 Å². The van der Waals surface area contributed by atoms with Gasteiger partial charge in [-0.1, -0.05) is 18.2 Å². The van der Waals surface area contributed by atoms with Crippen molar-refractivity contribution in [1.82, 2.24) is 0 Å². The Morgan fingerprint density at radius 3 is 2.32 bits per heavy atom. The zero-order valence-electron chi connectivity index (χ0n) is 10.4. The topological polar surface area (TPSA) is 58.7 Å². The smallest absolute Gasteiger partial charge is 0.269 e. The lowest BCUT2D eigenvalue weighted by molar-refractivity contribution is -0.384. The summed E-state index contributed by atoms with van der Waals surface area (Å²) in [4.78, 5) is 10.1. The first-order valence-electron chi connectivity index (χ1n) is 5.74. The zero-order chi connectivity index (χ0) is 13.7. The van der Waals surface area contributed by atoms with Gasteiger partial charge in [-0.3, -0.25) is 15.1 Å². The molecule has 2 aromatic carbocycles. The van der Waals surface area contributed by atoms with E-state index >= 15 is 0 Å². The third-order valence-corrected chi connectivity index (χ3v) is 2.61. The molecular formula is C14H13N3O2. The Balaban J connectivity index is 2.08. The van der Waals surface area contributed by atoms with Gasteiger partial charge in [0, 0.05) is 19.2 Å². The van der Waals surface area contributed by atoms with Crippen LogP contribution in [0.15, 0.2) is 59.7 Å². The molecule has 2 rings (SSSR count). The van der Waals surface area contributed by atoms with Gasteiger partial charge in [-0.15, -0.1) is 0 Å². The summed E-state index contributed by atoms with van der Waals surface area (Å²) in [6.07, 6.45) is 1.66. The molecule has 0 N–H and O–H groups in total. The molecule has 0 aliphatic heterocycles. The van der Waals surface area contributed by atoms with Crippen LogP contribution < -0.4 is 5.01 Å². The molecule has 0 saturated carbocycles. The number of nitro benzene ring substituents is 1. The lowest BCUT2D eigenvalue weighted by atomic mass is 10.2. The van der Waals surface area contributed by atoms with Gasteiger partial charge < -0.3 is 0 Å². The molecule has 0 amide bonds. The van der Waals surface area contributed by atoms with Gasteiger partial charge in [0.05, 0.1) is 16.8 Å². The number of hydrogen-bond donors (Lipinski definition) is 0. The van der Waals surface area contributed by atoms with Gasteiger partial charge in [0.25, 0.3) is 5.69 Å². The molecule has 0 aromatic heterocycles. The highest BCUT2D eigenvalue weighted by Gasteiger charge is 2.02. The van der Waals surface area contributed by atoms with Gasteiger partial charge in [-0.2, -0.15) is 5.10 Å². The third kappa shape index (κ3) is 3.38. The number of hydrazone groups is 1. The van der Waals surface area contributed by atoms with E-state index in [0.717, 1.165) is 11.3 Å². The van der Waals surface area contributed by atoms with Crippen molar-refractivity contribution in [3.05, 3.63) is 70.3 Å². The van der Waals surface area contributed by atoms with Crippen LogP contribution in [0.25, 0.3) is 0 Å². The van der Waals surface area contributed by atoms with Crippen molar-refractivity contribution in [3.63, 3.8) is 0 Å². The molecule has 2 aromatic rings. The fourth-order valence-corrected chi connectivity index (χ4v) is 1.55. The Morgan fingerprint density at radius 2 is 1.74 bits per heavy atom. The van der Waals surface area contributed by atoms with Crippen molar-refractivity contribution in [2.45, 2.75) is 0 Å². The maximum atomic E-state index is 10.5.